The quantitative estimate of drug-likeness (QED) is 0.914. The maximum Gasteiger partial charge on any atom is 0.150 e. The zero-order valence-corrected chi connectivity index (χ0v) is 12.1. The van der Waals surface area contributed by atoms with Crippen LogP contribution >= 0.6 is 0 Å². The van der Waals surface area contributed by atoms with Crippen LogP contribution in [0.3, 0.4) is 0 Å². The maximum absolute atomic E-state index is 6.20. The number of anilines is 2. The highest BCUT2D eigenvalue weighted by atomic mass is 16.5. The van der Waals surface area contributed by atoms with E-state index in [9.17, 15) is 0 Å². The second kappa shape index (κ2) is 4.95. The molecule has 19 heavy (non-hydrogen) atoms. The van der Waals surface area contributed by atoms with E-state index in [-0.39, 0.29) is 0 Å². The van der Waals surface area contributed by atoms with E-state index in [4.69, 9.17) is 10.3 Å². The SMILES string of the molecule is Cc1cc(CN(C)c2c(N)c(C(C)C)nn2C)no1. The van der Waals surface area contributed by atoms with Crippen LogP contribution < -0.4 is 10.6 Å². The van der Waals surface area contributed by atoms with E-state index in [1.807, 2.05) is 36.7 Å². The van der Waals surface area contributed by atoms with Crippen molar-refractivity contribution < 1.29 is 4.52 Å². The van der Waals surface area contributed by atoms with Crippen LogP contribution in [0.1, 0.15) is 36.9 Å². The lowest BCUT2D eigenvalue weighted by atomic mass is 10.1. The van der Waals surface area contributed by atoms with Crippen molar-refractivity contribution in [2.24, 2.45) is 7.05 Å². The van der Waals surface area contributed by atoms with Gasteiger partial charge in [-0.25, -0.2) is 0 Å². The Morgan fingerprint density at radius 1 is 1.47 bits per heavy atom. The summed E-state index contributed by atoms with van der Waals surface area (Å²) in [5.41, 5.74) is 8.74. The molecule has 2 aromatic rings. The van der Waals surface area contributed by atoms with Crippen LogP contribution in [0.5, 0.6) is 0 Å². The van der Waals surface area contributed by atoms with Gasteiger partial charge in [-0.1, -0.05) is 19.0 Å². The number of nitrogens with two attached hydrogens (primary N) is 1. The van der Waals surface area contributed by atoms with E-state index in [1.165, 1.54) is 0 Å². The van der Waals surface area contributed by atoms with Crippen molar-refractivity contribution in [2.45, 2.75) is 33.2 Å². The second-order valence-electron chi connectivity index (χ2n) is 5.19. The minimum atomic E-state index is 0.308. The van der Waals surface area contributed by atoms with Crippen LogP contribution in [0.25, 0.3) is 0 Å². The largest absolute Gasteiger partial charge is 0.394 e. The average molecular weight is 263 g/mol. The van der Waals surface area contributed by atoms with Crippen LogP contribution in [-0.4, -0.2) is 22.0 Å². The molecule has 0 aliphatic heterocycles. The van der Waals surface area contributed by atoms with E-state index in [1.54, 1.807) is 0 Å². The van der Waals surface area contributed by atoms with Crippen LogP contribution in [0.2, 0.25) is 0 Å². The fourth-order valence-corrected chi connectivity index (χ4v) is 2.24. The number of hydrogen-bond acceptors (Lipinski definition) is 5. The van der Waals surface area contributed by atoms with Gasteiger partial charge in [-0.3, -0.25) is 4.68 Å². The lowest BCUT2D eigenvalue weighted by Crippen LogP contribution is -2.20. The van der Waals surface area contributed by atoms with Gasteiger partial charge in [0.05, 0.1) is 17.9 Å². The van der Waals surface area contributed by atoms with E-state index in [0.717, 1.165) is 28.7 Å². The molecule has 0 saturated heterocycles. The molecule has 0 aromatic carbocycles. The Balaban J connectivity index is 2.26. The molecule has 6 heteroatoms. The smallest absolute Gasteiger partial charge is 0.150 e. The molecule has 0 radical (unpaired) electrons. The molecule has 2 N–H and O–H groups in total. The Bertz CT molecular complexity index is 570. The summed E-state index contributed by atoms with van der Waals surface area (Å²) in [7, 11) is 3.88. The van der Waals surface area contributed by atoms with Gasteiger partial charge in [0.2, 0.25) is 0 Å². The van der Waals surface area contributed by atoms with Crippen molar-refractivity contribution in [3.63, 3.8) is 0 Å². The summed E-state index contributed by atoms with van der Waals surface area (Å²) in [5.74, 6) is 2.02. The number of nitrogen functional groups attached to an aromatic ring is 1. The van der Waals surface area contributed by atoms with Gasteiger partial charge in [-0.2, -0.15) is 5.10 Å². The zero-order valence-electron chi connectivity index (χ0n) is 12.1. The molecule has 0 spiro atoms. The van der Waals surface area contributed by atoms with E-state index in [2.05, 4.69) is 24.1 Å². The van der Waals surface area contributed by atoms with Gasteiger partial charge < -0.3 is 15.2 Å². The lowest BCUT2D eigenvalue weighted by molar-refractivity contribution is 0.390. The van der Waals surface area contributed by atoms with E-state index >= 15 is 0 Å². The summed E-state index contributed by atoms with van der Waals surface area (Å²) in [6.45, 7) is 6.69. The molecule has 2 heterocycles. The number of nitrogens with zero attached hydrogens (tertiary/aromatic N) is 4. The van der Waals surface area contributed by atoms with Crippen molar-refractivity contribution in [2.75, 3.05) is 17.7 Å². The normalized spacial score (nSPS) is 11.3. The van der Waals surface area contributed by atoms with E-state index < -0.39 is 0 Å². The van der Waals surface area contributed by atoms with Gasteiger partial charge in [0.15, 0.2) is 5.82 Å². The highest BCUT2D eigenvalue weighted by Crippen LogP contribution is 2.30. The predicted molar refractivity (Wildman–Crippen MR) is 75.1 cm³/mol. The number of rotatable bonds is 4. The third-order valence-corrected chi connectivity index (χ3v) is 3.07. The first-order valence-electron chi connectivity index (χ1n) is 6.35. The average Bonchev–Trinajstić information content (AvgIpc) is 2.83. The van der Waals surface area contributed by atoms with Gasteiger partial charge in [-0.15, -0.1) is 0 Å². The Labute approximate surface area is 113 Å². The lowest BCUT2D eigenvalue weighted by Gasteiger charge is -2.18. The Morgan fingerprint density at radius 2 is 2.16 bits per heavy atom. The monoisotopic (exact) mass is 263 g/mol. The summed E-state index contributed by atoms with van der Waals surface area (Å²) < 4.78 is 6.89. The standard InChI is InChI=1S/C13H21N5O/c1-8(2)12-11(14)13(18(5)15-12)17(4)7-10-6-9(3)19-16-10/h6,8H,7,14H2,1-5H3. The third-order valence-electron chi connectivity index (χ3n) is 3.07. The molecule has 0 unspecified atom stereocenters. The first-order chi connectivity index (χ1) is 8.90. The molecule has 0 amide bonds. The van der Waals surface area contributed by atoms with Crippen molar-refractivity contribution in [3.05, 3.63) is 23.2 Å². The first kappa shape index (κ1) is 13.5. The first-order valence-corrected chi connectivity index (χ1v) is 6.35. The van der Waals surface area contributed by atoms with Crippen molar-refractivity contribution in [3.8, 4) is 0 Å². The summed E-state index contributed by atoms with van der Waals surface area (Å²) in [4.78, 5) is 2.03. The van der Waals surface area contributed by atoms with E-state index in [0.29, 0.717) is 12.5 Å². The van der Waals surface area contributed by atoms with Gasteiger partial charge >= 0.3 is 0 Å². The van der Waals surface area contributed by atoms with Crippen molar-refractivity contribution in [1.29, 1.82) is 0 Å². The molecule has 0 aliphatic carbocycles. The van der Waals surface area contributed by atoms with Crippen LogP contribution in [0, 0.1) is 6.92 Å². The molecule has 0 atom stereocenters. The molecule has 0 aliphatic rings. The zero-order chi connectivity index (χ0) is 14.2. The van der Waals surface area contributed by atoms with Crippen molar-refractivity contribution in [1.82, 2.24) is 14.9 Å². The summed E-state index contributed by atoms with van der Waals surface area (Å²) in [6, 6.07) is 1.92. The maximum atomic E-state index is 6.20. The van der Waals surface area contributed by atoms with Crippen LogP contribution in [-0.2, 0) is 13.6 Å². The molecule has 0 saturated carbocycles. The Hall–Kier alpha value is -1.98. The van der Waals surface area contributed by atoms with Gasteiger partial charge in [0.1, 0.15) is 11.5 Å². The molecule has 6 nitrogen and oxygen atoms in total. The molecular formula is C13H21N5O. The molecule has 2 aromatic heterocycles. The molecular weight excluding hydrogens is 242 g/mol. The van der Waals surface area contributed by atoms with Crippen LogP contribution in [0.4, 0.5) is 11.5 Å². The van der Waals surface area contributed by atoms with Gasteiger partial charge in [0, 0.05) is 20.2 Å². The highest BCUT2D eigenvalue weighted by molar-refractivity contribution is 5.66. The minimum absolute atomic E-state index is 0.308. The van der Waals surface area contributed by atoms with Gasteiger partial charge in [-0.05, 0) is 12.8 Å². The Morgan fingerprint density at radius 3 is 2.63 bits per heavy atom. The third kappa shape index (κ3) is 2.57. The highest BCUT2D eigenvalue weighted by Gasteiger charge is 2.19. The second-order valence-corrected chi connectivity index (χ2v) is 5.19. The minimum Gasteiger partial charge on any atom is -0.394 e. The summed E-state index contributed by atoms with van der Waals surface area (Å²) >= 11 is 0. The number of hydrogen-bond donors (Lipinski definition) is 1. The summed E-state index contributed by atoms with van der Waals surface area (Å²) in [5, 5.41) is 8.48. The molecule has 0 fully saturated rings. The fraction of sp³-hybridized carbons (Fsp3) is 0.538. The van der Waals surface area contributed by atoms with Crippen molar-refractivity contribution >= 4 is 11.5 Å². The Kier molecular flexibility index (Phi) is 3.50. The summed E-state index contributed by atoms with van der Waals surface area (Å²) in [6.07, 6.45) is 0. The predicted octanol–water partition coefficient (Wildman–Crippen LogP) is 2.06. The number of aryl methyl sites for hydroxylation is 2. The molecule has 0 bridgehead atoms. The van der Waals surface area contributed by atoms with Gasteiger partial charge in [0.25, 0.3) is 0 Å². The molecule has 2 rings (SSSR count). The van der Waals surface area contributed by atoms with Crippen LogP contribution in [0.15, 0.2) is 10.6 Å². The number of aromatic nitrogens is 3. The molecule has 104 valence electrons. The fourth-order valence-electron chi connectivity index (χ4n) is 2.24. The topological polar surface area (TPSA) is 73.1 Å².